The van der Waals surface area contributed by atoms with E-state index in [-0.39, 0.29) is 11.0 Å². The van der Waals surface area contributed by atoms with Crippen molar-refractivity contribution in [2.75, 3.05) is 5.32 Å². The van der Waals surface area contributed by atoms with Gasteiger partial charge in [0.2, 0.25) is 9.70 Å². The highest BCUT2D eigenvalue weighted by Crippen LogP contribution is 2.29. The fourth-order valence-electron chi connectivity index (χ4n) is 3.80. The highest BCUT2D eigenvalue weighted by Gasteiger charge is 2.34. The van der Waals surface area contributed by atoms with Crippen LogP contribution in [0.3, 0.4) is 0 Å². The van der Waals surface area contributed by atoms with Crippen LogP contribution >= 0.6 is 47.0 Å². The van der Waals surface area contributed by atoms with E-state index in [1.807, 2.05) is 32.0 Å². The molecule has 0 saturated carbocycles. The molecule has 0 aliphatic heterocycles. The predicted octanol–water partition coefficient (Wildman–Crippen LogP) is 8.49. The van der Waals surface area contributed by atoms with Crippen molar-refractivity contribution in [1.82, 2.24) is 10.6 Å². The van der Waals surface area contributed by atoms with Crippen LogP contribution in [0.5, 0.6) is 0 Å². The molecule has 34 heavy (non-hydrogen) atoms. The molecule has 0 aliphatic carbocycles. The number of carbonyl (C=O) groups excluding carboxylic acids is 1. The molecule has 1 atom stereocenters. The van der Waals surface area contributed by atoms with Crippen LogP contribution in [0.2, 0.25) is 0 Å². The van der Waals surface area contributed by atoms with E-state index in [2.05, 4.69) is 22.9 Å². The minimum absolute atomic E-state index is 0.162. The number of benzene rings is 1. The average Bonchev–Trinajstić information content (AvgIpc) is 2.75. The molecule has 1 rings (SSSR count). The molecule has 0 radical (unpaired) electrons. The maximum atomic E-state index is 12.4. The first-order chi connectivity index (χ1) is 16.1. The van der Waals surface area contributed by atoms with Crippen molar-refractivity contribution in [3.05, 3.63) is 29.3 Å². The Hall–Kier alpha value is -0.750. The molecule has 0 aromatic heterocycles. The molecule has 0 aliphatic rings. The van der Waals surface area contributed by atoms with Crippen LogP contribution in [0.15, 0.2) is 18.2 Å². The van der Waals surface area contributed by atoms with Gasteiger partial charge in [0, 0.05) is 12.1 Å². The second-order valence-corrected chi connectivity index (χ2v) is 11.9. The van der Waals surface area contributed by atoms with Gasteiger partial charge in [-0.1, -0.05) is 130 Å². The molecule has 1 aromatic carbocycles. The molecule has 8 heteroatoms. The summed E-state index contributed by atoms with van der Waals surface area (Å²) in [6.45, 7) is 6.26. The van der Waals surface area contributed by atoms with Crippen LogP contribution in [-0.2, 0) is 4.79 Å². The second kappa shape index (κ2) is 17.6. The van der Waals surface area contributed by atoms with E-state index >= 15 is 0 Å². The lowest BCUT2D eigenvalue weighted by atomic mass is 10.0. The molecule has 1 amide bonds. The van der Waals surface area contributed by atoms with Crippen LogP contribution in [0.4, 0.5) is 5.69 Å². The number of halogens is 3. The van der Waals surface area contributed by atoms with Gasteiger partial charge in [-0.05, 0) is 44.1 Å². The summed E-state index contributed by atoms with van der Waals surface area (Å²) in [6.07, 6.45) is 14.4. The third-order valence-corrected chi connectivity index (χ3v) is 6.67. The fourth-order valence-corrected chi connectivity index (χ4v) is 4.36. The predicted molar refractivity (Wildman–Crippen MR) is 153 cm³/mol. The number of alkyl halides is 3. The van der Waals surface area contributed by atoms with E-state index in [0.717, 1.165) is 36.1 Å². The van der Waals surface area contributed by atoms with Crippen molar-refractivity contribution in [1.29, 1.82) is 0 Å². The third kappa shape index (κ3) is 14.6. The topological polar surface area (TPSA) is 53.2 Å². The maximum Gasteiger partial charge on any atom is 0.228 e. The summed E-state index contributed by atoms with van der Waals surface area (Å²) in [5.74, 6) is -0.162. The minimum atomic E-state index is -1.75. The quantitative estimate of drug-likeness (QED) is 0.0836. The molecule has 3 N–H and O–H groups in total. The fraction of sp³-hybridized carbons (Fsp3) is 0.692. The number of unbranched alkanes of at least 4 members (excludes halogenated alkanes) is 11. The smallest absolute Gasteiger partial charge is 0.228 e. The molecule has 0 bridgehead atoms. The number of carbonyl (C=O) groups is 1. The van der Waals surface area contributed by atoms with Crippen molar-refractivity contribution in [3.63, 3.8) is 0 Å². The molecule has 1 aromatic rings. The zero-order valence-electron chi connectivity index (χ0n) is 21.0. The van der Waals surface area contributed by atoms with Crippen molar-refractivity contribution >= 4 is 63.7 Å². The number of rotatable bonds is 16. The SMILES string of the molecule is CCCCCCCCCCCCCCC(=O)N[C@H](NC(=S)Nc1ccc(C)cc1C)C(Cl)(Cl)Cl. The number of aryl methyl sites for hydroxylation is 2. The summed E-state index contributed by atoms with van der Waals surface area (Å²) in [6, 6.07) is 5.98. The van der Waals surface area contributed by atoms with E-state index < -0.39 is 9.96 Å². The summed E-state index contributed by atoms with van der Waals surface area (Å²) >= 11 is 23.6. The Kier molecular flexibility index (Phi) is 16.2. The van der Waals surface area contributed by atoms with Crippen LogP contribution in [0.1, 0.15) is 102 Å². The molecule has 0 fully saturated rings. The minimum Gasteiger partial charge on any atom is -0.339 e. The summed E-state index contributed by atoms with van der Waals surface area (Å²) < 4.78 is -1.75. The highest BCUT2D eigenvalue weighted by atomic mass is 35.6. The molecule has 194 valence electrons. The van der Waals surface area contributed by atoms with Crippen LogP contribution in [0.25, 0.3) is 0 Å². The average molecular weight is 551 g/mol. The largest absolute Gasteiger partial charge is 0.339 e. The first kappa shape index (κ1) is 31.3. The Morgan fingerprint density at radius 3 is 1.91 bits per heavy atom. The Bertz CT molecular complexity index is 740. The van der Waals surface area contributed by atoms with Crippen LogP contribution in [-0.4, -0.2) is 21.0 Å². The molecule has 0 saturated heterocycles. The molecule has 0 heterocycles. The summed E-state index contributed by atoms with van der Waals surface area (Å²) in [5, 5.41) is 9.05. The van der Waals surface area contributed by atoms with Gasteiger partial charge in [0.15, 0.2) is 5.11 Å². The first-order valence-corrected chi connectivity index (χ1v) is 14.2. The zero-order chi connectivity index (χ0) is 25.4. The van der Waals surface area contributed by atoms with E-state index in [4.69, 9.17) is 47.0 Å². The summed E-state index contributed by atoms with van der Waals surface area (Å²) in [4.78, 5) is 12.4. The first-order valence-electron chi connectivity index (χ1n) is 12.6. The van der Waals surface area contributed by atoms with Gasteiger partial charge in [0.1, 0.15) is 6.17 Å². The van der Waals surface area contributed by atoms with E-state index in [1.54, 1.807) is 0 Å². The second-order valence-electron chi connectivity index (χ2n) is 9.10. The van der Waals surface area contributed by atoms with Gasteiger partial charge >= 0.3 is 0 Å². The van der Waals surface area contributed by atoms with Gasteiger partial charge in [-0.25, -0.2) is 0 Å². The maximum absolute atomic E-state index is 12.4. The molecule has 0 unspecified atom stereocenters. The number of anilines is 1. The molecular formula is C26H42Cl3N3OS. The Balaban J connectivity index is 2.26. The monoisotopic (exact) mass is 549 g/mol. The highest BCUT2D eigenvalue weighted by molar-refractivity contribution is 7.80. The standard InChI is InChI=1S/C26H42Cl3N3OS/c1-4-5-6-7-8-9-10-11-12-13-14-15-16-23(33)31-24(26(27,28)29)32-25(34)30-22-18-17-20(2)19-21(22)3/h17-19,24H,4-16H2,1-3H3,(H,31,33)(H2,30,32,34)/t24-/m1/s1. The van der Waals surface area contributed by atoms with Crippen molar-refractivity contribution in [2.24, 2.45) is 0 Å². The number of thiocarbonyl (C=S) groups is 1. The number of amides is 1. The van der Waals surface area contributed by atoms with E-state index in [0.29, 0.717) is 6.42 Å². The Morgan fingerprint density at radius 1 is 0.882 bits per heavy atom. The lowest BCUT2D eigenvalue weighted by Crippen LogP contribution is -2.56. The summed E-state index contributed by atoms with van der Waals surface area (Å²) in [7, 11) is 0. The number of hydrogen-bond acceptors (Lipinski definition) is 2. The Morgan fingerprint density at radius 2 is 1.41 bits per heavy atom. The molecule has 4 nitrogen and oxygen atoms in total. The van der Waals surface area contributed by atoms with E-state index in [1.165, 1.54) is 57.8 Å². The van der Waals surface area contributed by atoms with Gasteiger partial charge in [-0.3, -0.25) is 4.79 Å². The lowest BCUT2D eigenvalue weighted by molar-refractivity contribution is -0.122. The lowest BCUT2D eigenvalue weighted by Gasteiger charge is -2.28. The van der Waals surface area contributed by atoms with Gasteiger partial charge in [-0.2, -0.15) is 0 Å². The van der Waals surface area contributed by atoms with Gasteiger partial charge in [-0.15, -0.1) is 0 Å². The number of nitrogens with one attached hydrogen (secondary N) is 3. The third-order valence-electron chi connectivity index (χ3n) is 5.80. The Labute approximate surface area is 227 Å². The van der Waals surface area contributed by atoms with Crippen LogP contribution < -0.4 is 16.0 Å². The molecule has 0 spiro atoms. The summed E-state index contributed by atoms with van der Waals surface area (Å²) in [5.41, 5.74) is 3.06. The van der Waals surface area contributed by atoms with Gasteiger partial charge in [0.25, 0.3) is 0 Å². The van der Waals surface area contributed by atoms with E-state index in [9.17, 15) is 4.79 Å². The normalized spacial score (nSPS) is 12.3. The van der Waals surface area contributed by atoms with Gasteiger partial charge in [0.05, 0.1) is 0 Å². The number of hydrogen-bond donors (Lipinski definition) is 3. The zero-order valence-corrected chi connectivity index (χ0v) is 24.0. The van der Waals surface area contributed by atoms with Crippen molar-refractivity contribution in [3.8, 4) is 0 Å². The van der Waals surface area contributed by atoms with Crippen LogP contribution in [0, 0.1) is 13.8 Å². The van der Waals surface area contributed by atoms with Crippen molar-refractivity contribution in [2.45, 2.75) is 114 Å². The van der Waals surface area contributed by atoms with Gasteiger partial charge < -0.3 is 16.0 Å². The molecular weight excluding hydrogens is 509 g/mol. The van der Waals surface area contributed by atoms with Crippen molar-refractivity contribution < 1.29 is 4.79 Å².